The van der Waals surface area contributed by atoms with Gasteiger partial charge in [0, 0.05) is 25.2 Å². The number of ether oxygens (including phenoxy) is 1. The van der Waals surface area contributed by atoms with Crippen LogP contribution in [-0.2, 0) is 19.6 Å². The second-order valence-corrected chi connectivity index (χ2v) is 8.69. The Kier molecular flexibility index (Phi) is 6.01. The van der Waals surface area contributed by atoms with Gasteiger partial charge in [0.25, 0.3) is 0 Å². The molecule has 0 bridgehead atoms. The van der Waals surface area contributed by atoms with Crippen molar-refractivity contribution in [2.24, 2.45) is 5.92 Å². The summed E-state index contributed by atoms with van der Waals surface area (Å²) in [6.45, 7) is 8.37. The molecule has 2 atom stereocenters. The Morgan fingerprint density at radius 3 is 2.25 bits per heavy atom. The summed E-state index contributed by atoms with van der Waals surface area (Å²) in [5.41, 5.74) is 0.600. The SMILES string of the molecule is CC(C)CC(=O)Nc1ccc(S(=O)(=O)N2CC(C)OC(C)C2)cc1. The molecule has 24 heavy (non-hydrogen) atoms. The van der Waals surface area contributed by atoms with Crippen LogP contribution in [0.4, 0.5) is 5.69 Å². The van der Waals surface area contributed by atoms with Gasteiger partial charge in [0.05, 0.1) is 17.1 Å². The first-order valence-corrected chi connectivity index (χ1v) is 9.68. The largest absolute Gasteiger partial charge is 0.373 e. The van der Waals surface area contributed by atoms with E-state index in [1.54, 1.807) is 12.1 Å². The van der Waals surface area contributed by atoms with E-state index in [4.69, 9.17) is 4.74 Å². The van der Waals surface area contributed by atoms with Crippen molar-refractivity contribution >= 4 is 21.6 Å². The second-order valence-electron chi connectivity index (χ2n) is 6.75. The molecule has 6 nitrogen and oxygen atoms in total. The highest BCUT2D eigenvalue weighted by molar-refractivity contribution is 7.89. The van der Waals surface area contributed by atoms with Crippen molar-refractivity contribution in [1.29, 1.82) is 0 Å². The molecule has 1 aliphatic heterocycles. The van der Waals surface area contributed by atoms with Crippen molar-refractivity contribution in [1.82, 2.24) is 4.31 Å². The summed E-state index contributed by atoms with van der Waals surface area (Å²) in [5.74, 6) is 0.200. The first kappa shape index (κ1) is 18.9. The predicted molar refractivity (Wildman–Crippen MR) is 93.3 cm³/mol. The highest BCUT2D eigenvalue weighted by atomic mass is 32.2. The average molecular weight is 354 g/mol. The first-order chi connectivity index (χ1) is 11.2. The lowest BCUT2D eigenvalue weighted by Gasteiger charge is -2.34. The third-order valence-electron chi connectivity index (χ3n) is 3.76. The quantitative estimate of drug-likeness (QED) is 0.881. The van der Waals surface area contributed by atoms with Gasteiger partial charge in [-0.15, -0.1) is 0 Å². The third kappa shape index (κ3) is 4.78. The number of rotatable bonds is 5. The fourth-order valence-corrected chi connectivity index (χ4v) is 4.36. The van der Waals surface area contributed by atoms with Gasteiger partial charge in [0.15, 0.2) is 0 Å². The number of sulfonamides is 1. The summed E-state index contributed by atoms with van der Waals surface area (Å²) in [5, 5.41) is 2.78. The average Bonchev–Trinajstić information content (AvgIpc) is 2.45. The molecule has 1 amide bonds. The molecule has 2 rings (SSSR count). The molecule has 2 unspecified atom stereocenters. The Labute approximate surface area is 144 Å². The molecule has 1 aromatic carbocycles. The summed E-state index contributed by atoms with van der Waals surface area (Å²) in [7, 11) is -3.55. The van der Waals surface area contributed by atoms with Gasteiger partial charge in [-0.05, 0) is 44.0 Å². The topological polar surface area (TPSA) is 75.7 Å². The Morgan fingerprint density at radius 1 is 1.21 bits per heavy atom. The molecule has 1 aromatic rings. The Balaban J connectivity index is 2.10. The van der Waals surface area contributed by atoms with E-state index in [1.807, 2.05) is 27.7 Å². The number of carbonyl (C=O) groups excluding carboxylic acids is 1. The van der Waals surface area contributed by atoms with E-state index < -0.39 is 10.0 Å². The van der Waals surface area contributed by atoms with Gasteiger partial charge in [0.2, 0.25) is 15.9 Å². The first-order valence-electron chi connectivity index (χ1n) is 8.24. The Bertz CT molecular complexity index is 660. The molecule has 0 aliphatic carbocycles. The van der Waals surface area contributed by atoms with E-state index in [-0.39, 0.29) is 28.9 Å². The number of hydrogen-bond acceptors (Lipinski definition) is 4. The van der Waals surface area contributed by atoms with E-state index in [2.05, 4.69) is 5.32 Å². The summed E-state index contributed by atoms with van der Waals surface area (Å²) in [6.07, 6.45) is 0.181. The molecule has 0 spiro atoms. The van der Waals surface area contributed by atoms with Gasteiger partial charge in [-0.1, -0.05) is 13.8 Å². The zero-order valence-electron chi connectivity index (χ0n) is 14.7. The molecular weight excluding hydrogens is 328 g/mol. The van der Waals surface area contributed by atoms with Crippen LogP contribution in [-0.4, -0.2) is 43.9 Å². The van der Waals surface area contributed by atoms with E-state index in [0.29, 0.717) is 25.2 Å². The summed E-state index contributed by atoms with van der Waals surface area (Å²) in [4.78, 5) is 12.0. The summed E-state index contributed by atoms with van der Waals surface area (Å²) < 4.78 is 32.5. The van der Waals surface area contributed by atoms with Crippen molar-refractivity contribution in [2.75, 3.05) is 18.4 Å². The lowest BCUT2D eigenvalue weighted by molar-refractivity contribution is -0.116. The Morgan fingerprint density at radius 2 is 1.75 bits per heavy atom. The van der Waals surface area contributed by atoms with Crippen molar-refractivity contribution in [3.8, 4) is 0 Å². The maximum atomic E-state index is 12.7. The molecule has 1 fully saturated rings. The molecule has 1 saturated heterocycles. The van der Waals surface area contributed by atoms with Gasteiger partial charge in [-0.25, -0.2) is 8.42 Å². The standard InChI is InChI=1S/C17H26N2O4S/c1-12(2)9-17(20)18-15-5-7-16(8-6-15)24(21,22)19-10-13(3)23-14(4)11-19/h5-8,12-14H,9-11H2,1-4H3,(H,18,20). The van der Waals surface area contributed by atoms with E-state index in [0.717, 1.165) is 0 Å². The molecule has 134 valence electrons. The number of benzene rings is 1. The molecule has 7 heteroatoms. The van der Waals surface area contributed by atoms with Crippen LogP contribution in [0.2, 0.25) is 0 Å². The highest BCUT2D eigenvalue weighted by Gasteiger charge is 2.32. The van der Waals surface area contributed by atoms with E-state index in [1.165, 1.54) is 16.4 Å². The van der Waals surface area contributed by atoms with Crippen LogP contribution in [0.1, 0.15) is 34.1 Å². The number of nitrogens with zero attached hydrogens (tertiary/aromatic N) is 1. The second kappa shape index (κ2) is 7.63. The molecule has 0 aromatic heterocycles. The number of carbonyl (C=O) groups is 1. The smallest absolute Gasteiger partial charge is 0.243 e. The van der Waals surface area contributed by atoms with Crippen LogP contribution in [0.15, 0.2) is 29.2 Å². The lowest BCUT2D eigenvalue weighted by Crippen LogP contribution is -2.48. The minimum atomic E-state index is -3.55. The van der Waals surface area contributed by atoms with E-state index in [9.17, 15) is 13.2 Å². The van der Waals surface area contributed by atoms with Gasteiger partial charge < -0.3 is 10.1 Å². The zero-order chi connectivity index (χ0) is 17.9. The van der Waals surface area contributed by atoms with Crippen LogP contribution in [0.3, 0.4) is 0 Å². The van der Waals surface area contributed by atoms with E-state index >= 15 is 0 Å². The normalized spacial score (nSPS) is 22.5. The fourth-order valence-electron chi connectivity index (χ4n) is 2.77. The molecule has 0 radical (unpaired) electrons. The lowest BCUT2D eigenvalue weighted by atomic mass is 10.1. The van der Waals surface area contributed by atoms with Crippen molar-refractivity contribution in [3.63, 3.8) is 0 Å². The zero-order valence-corrected chi connectivity index (χ0v) is 15.5. The number of morpholine rings is 1. The van der Waals surface area contributed by atoms with Crippen LogP contribution in [0, 0.1) is 5.92 Å². The van der Waals surface area contributed by atoms with Crippen molar-refractivity contribution < 1.29 is 17.9 Å². The Hall–Kier alpha value is -1.44. The molecule has 1 heterocycles. The molecular formula is C17H26N2O4S. The minimum Gasteiger partial charge on any atom is -0.373 e. The number of anilines is 1. The number of hydrogen-bond donors (Lipinski definition) is 1. The van der Waals surface area contributed by atoms with Gasteiger partial charge in [0.1, 0.15) is 0 Å². The summed E-state index contributed by atoms with van der Waals surface area (Å²) >= 11 is 0. The maximum absolute atomic E-state index is 12.7. The van der Waals surface area contributed by atoms with Crippen LogP contribution >= 0.6 is 0 Å². The highest BCUT2D eigenvalue weighted by Crippen LogP contribution is 2.22. The molecule has 0 saturated carbocycles. The molecule has 1 aliphatic rings. The van der Waals surface area contributed by atoms with Gasteiger partial charge >= 0.3 is 0 Å². The number of amides is 1. The van der Waals surface area contributed by atoms with Crippen LogP contribution < -0.4 is 5.32 Å². The van der Waals surface area contributed by atoms with Gasteiger partial charge in [-0.3, -0.25) is 4.79 Å². The predicted octanol–water partition coefficient (Wildman–Crippen LogP) is 2.47. The maximum Gasteiger partial charge on any atom is 0.243 e. The minimum absolute atomic E-state index is 0.0727. The van der Waals surface area contributed by atoms with Crippen LogP contribution in [0.5, 0.6) is 0 Å². The van der Waals surface area contributed by atoms with Crippen LogP contribution in [0.25, 0.3) is 0 Å². The van der Waals surface area contributed by atoms with Gasteiger partial charge in [-0.2, -0.15) is 4.31 Å². The molecule has 1 N–H and O–H groups in total. The van der Waals surface area contributed by atoms with Crippen molar-refractivity contribution in [2.45, 2.75) is 51.2 Å². The third-order valence-corrected chi connectivity index (χ3v) is 5.60. The number of nitrogens with one attached hydrogen (secondary N) is 1. The monoisotopic (exact) mass is 354 g/mol. The fraction of sp³-hybridized carbons (Fsp3) is 0.588. The van der Waals surface area contributed by atoms with Crippen molar-refractivity contribution in [3.05, 3.63) is 24.3 Å². The summed E-state index contributed by atoms with van der Waals surface area (Å²) in [6, 6.07) is 6.31.